The monoisotopic (exact) mass is 318 g/mol. The second-order valence-electron chi connectivity index (χ2n) is 5.48. The summed E-state index contributed by atoms with van der Waals surface area (Å²) in [5.41, 5.74) is 2.40. The summed E-state index contributed by atoms with van der Waals surface area (Å²) in [6.45, 7) is 4.32. The van der Waals surface area contributed by atoms with Gasteiger partial charge in [0.05, 0.1) is 4.90 Å². The quantitative estimate of drug-likeness (QED) is 0.791. The molecule has 1 N–H and O–H groups in total. The maximum atomic E-state index is 11.2. The molecule has 0 heterocycles. The summed E-state index contributed by atoms with van der Waals surface area (Å²) in [7, 11) is -4.13. The van der Waals surface area contributed by atoms with E-state index >= 15 is 0 Å². The highest BCUT2D eigenvalue weighted by molar-refractivity contribution is 7.85. The van der Waals surface area contributed by atoms with E-state index in [1.165, 1.54) is 17.7 Å². The number of hydrogen-bond acceptors (Lipinski definition) is 2. The Labute approximate surface area is 132 Å². The van der Waals surface area contributed by atoms with Crippen LogP contribution in [0.3, 0.4) is 0 Å². The van der Waals surface area contributed by atoms with E-state index in [0.717, 1.165) is 18.4 Å². The predicted octanol–water partition coefficient (Wildman–Crippen LogP) is 4.62. The Morgan fingerprint density at radius 3 is 1.68 bits per heavy atom. The molecule has 0 aromatic heterocycles. The van der Waals surface area contributed by atoms with Gasteiger partial charge in [-0.15, -0.1) is 0 Å². The van der Waals surface area contributed by atoms with Gasteiger partial charge >= 0.3 is 0 Å². The maximum Gasteiger partial charge on any atom is 0.294 e. The Bertz CT molecular complexity index is 691. The Balaban J connectivity index is 2.34. The zero-order chi connectivity index (χ0) is 16.2. The highest BCUT2D eigenvalue weighted by Crippen LogP contribution is 2.38. The molecule has 0 aliphatic rings. The highest BCUT2D eigenvalue weighted by atomic mass is 32.2. The van der Waals surface area contributed by atoms with Crippen LogP contribution in [0.1, 0.15) is 49.7 Å². The van der Waals surface area contributed by atoms with E-state index in [4.69, 9.17) is 4.55 Å². The topological polar surface area (TPSA) is 54.4 Å². The zero-order valence-electron chi connectivity index (χ0n) is 12.9. The number of rotatable bonds is 6. The maximum absolute atomic E-state index is 11.2. The van der Waals surface area contributed by atoms with Crippen LogP contribution in [-0.2, 0) is 10.1 Å². The molecule has 2 aromatic carbocycles. The fraction of sp³-hybridized carbons (Fsp3) is 0.333. The molecule has 0 saturated heterocycles. The Kier molecular flexibility index (Phi) is 5.37. The van der Waals surface area contributed by atoms with Crippen molar-refractivity contribution < 1.29 is 13.0 Å². The largest absolute Gasteiger partial charge is 0.294 e. The Hall–Kier alpha value is -1.65. The minimum atomic E-state index is -4.13. The molecule has 118 valence electrons. The summed E-state index contributed by atoms with van der Waals surface area (Å²) in [4.78, 5) is -0.0566. The second kappa shape index (κ2) is 7.07. The Morgan fingerprint density at radius 2 is 1.27 bits per heavy atom. The average Bonchev–Trinajstić information content (AvgIpc) is 2.52. The average molecular weight is 318 g/mol. The van der Waals surface area contributed by atoms with E-state index in [-0.39, 0.29) is 4.90 Å². The molecule has 0 spiro atoms. The molecule has 3 nitrogen and oxygen atoms in total. The summed E-state index contributed by atoms with van der Waals surface area (Å²) < 4.78 is 31.4. The normalized spacial score (nSPS) is 14.5. The standard InChI is InChI=1S/C18H22O3S/c1-3-17(14-8-6-5-7-9-14)18(4-2)15-10-12-16(13-11-15)22(19,20)21/h5-13,17-18H,3-4H2,1-2H3,(H,19,20,21). The van der Waals surface area contributed by atoms with Crippen LogP contribution in [-0.4, -0.2) is 13.0 Å². The molecule has 2 atom stereocenters. The fourth-order valence-corrected chi connectivity index (χ4v) is 3.57. The molecular weight excluding hydrogens is 296 g/mol. The van der Waals surface area contributed by atoms with E-state index in [2.05, 4.69) is 26.0 Å². The highest BCUT2D eigenvalue weighted by Gasteiger charge is 2.22. The summed E-state index contributed by atoms with van der Waals surface area (Å²) in [6.07, 6.45) is 1.99. The van der Waals surface area contributed by atoms with Gasteiger partial charge in [-0.2, -0.15) is 8.42 Å². The van der Waals surface area contributed by atoms with Crippen molar-refractivity contribution in [1.29, 1.82) is 0 Å². The lowest BCUT2D eigenvalue weighted by molar-refractivity contribution is 0.482. The van der Waals surface area contributed by atoms with E-state index in [1.807, 2.05) is 30.3 Å². The van der Waals surface area contributed by atoms with Crippen LogP contribution in [0.2, 0.25) is 0 Å². The van der Waals surface area contributed by atoms with E-state index in [0.29, 0.717) is 11.8 Å². The molecule has 0 aliphatic carbocycles. The minimum Gasteiger partial charge on any atom is -0.282 e. The van der Waals surface area contributed by atoms with Crippen molar-refractivity contribution in [2.24, 2.45) is 0 Å². The third-order valence-corrected chi connectivity index (χ3v) is 5.07. The third kappa shape index (κ3) is 3.76. The lowest BCUT2D eigenvalue weighted by Crippen LogP contribution is -2.10. The molecule has 2 aromatic rings. The first kappa shape index (κ1) is 16.7. The molecule has 22 heavy (non-hydrogen) atoms. The van der Waals surface area contributed by atoms with Crippen molar-refractivity contribution in [3.05, 3.63) is 65.7 Å². The zero-order valence-corrected chi connectivity index (χ0v) is 13.8. The Morgan fingerprint density at radius 1 is 0.818 bits per heavy atom. The smallest absolute Gasteiger partial charge is 0.282 e. The molecule has 2 unspecified atom stereocenters. The molecular formula is C18H22O3S. The van der Waals surface area contributed by atoms with Crippen LogP contribution in [0, 0.1) is 0 Å². The van der Waals surface area contributed by atoms with Crippen molar-refractivity contribution in [2.75, 3.05) is 0 Å². The molecule has 0 saturated carbocycles. The lowest BCUT2D eigenvalue weighted by Gasteiger charge is -2.26. The summed E-state index contributed by atoms with van der Waals surface area (Å²) in [5, 5.41) is 0. The van der Waals surface area contributed by atoms with Gasteiger partial charge in [-0.1, -0.05) is 56.3 Å². The summed E-state index contributed by atoms with van der Waals surface area (Å²) >= 11 is 0. The molecule has 0 radical (unpaired) electrons. The van der Waals surface area contributed by atoms with Crippen molar-refractivity contribution >= 4 is 10.1 Å². The lowest BCUT2D eigenvalue weighted by atomic mass is 9.78. The van der Waals surface area contributed by atoms with Crippen LogP contribution >= 0.6 is 0 Å². The molecule has 4 heteroatoms. The van der Waals surface area contributed by atoms with Crippen LogP contribution in [0.4, 0.5) is 0 Å². The number of hydrogen-bond donors (Lipinski definition) is 1. The molecule has 0 aliphatic heterocycles. The third-order valence-electron chi connectivity index (χ3n) is 4.20. The van der Waals surface area contributed by atoms with Crippen LogP contribution in [0.25, 0.3) is 0 Å². The van der Waals surface area contributed by atoms with Crippen molar-refractivity contribution in [2.45, 2.75) is 43.4 Å². The summed E-state index contributed by atoms with van der Waals surface area (Å²) in [6, 6.07) is 17.0. The van der Waals surface area contributed by atoms with Gasteiger partial charge in [0.25, 0.3) is 10.1 Å². The first-order valence-electron chi connectivity index (χ1n) is 7.59. The van der Waals surface area contributed by atoms with Gasteiger partial charge < -0.3 is 0 Å². The van der Waals surface area contributed by atoms with Crippen molar-refractivity contribution in [3.8, 4) is 0 Å². The van der Waals surface area contributed by atoms with Gasteiger partial charge in [0, 0.05) is 0 Å². The van der Waals surface area contributed by atoms with Gasteiger partial charge in [-0.25, -0.2) is 0 Å². The van der Waals surface area contributed by atoms with E-state index in [9.17, 15) is 8.42 Å². The van der Waals surface area contributed by atoms with Gasteiger partial charge in [0.2, 0.25) is 0 Å². The minimum absolute atomic E-state index is 0.0566. The van der Waals surface area contributed by atoms with Crippen LogP contribution in [0.5, 0.6) is 0 Å². The molecule has 0 bridgehead atoms. The molecule has 0 amide bonds. The first-order chi connectivity index (χ1) is 10.5. The van der Waals surface area contributed by atoms with Gasteiger partial charge in [-0.3, -0.25) is 4.55 Å². The SMILES string of the molecule is CCC(c1ccccc1)C(CC)c1ccc(S(=O)(=O)O)cc1. The van der Waals surface area contributed by atoms with Crippen LogP contribution < -0.4 is 0 Å². The predicted molar refractivity (Wildman–Crippen MR) is 88.8 cm³/mol. The molecule has 2 rings (SSSR count). The molecule has 0 fully saturated rings. The first-order valence-corrected chi connectivity index (χ1v) is 9.03. The van der Waals surface area contributed by atoms with Gasteiger partial charge in [0.15, 0.2) is 0 Å². The van der Waals surface area contributed by atoms with Crippen LogP contribution in [0.15, 0.2) is 59.5 Å². The van der Waals surface area contributed by atoms with Gasteiger partial charge in [0.1, 0.15) is 0 Å². The fourth-order valence-electron chi connectivity index (χ4n) is 3.09. The number of benzene rings is 2. The van der Waals surface area contributed by atoms with Crippen molar-refractivity contribution in [1.82, 2.24) is 0 Å². The second-order valence-corrected chi connectivity index (χ2v) is 6.91. The van der Waals surface area contributed by atoms with Gasteiger partial charge in [-0.05, 0) is 47.9 Å². The van der Waals surface area contributed by atoms with E-state index < -0.39 is 10.1 Å². The van der Waals surface area contributed by atoms with E-state index in [1.54, 1.807) is 0 Å². The summed E-state index contributed by atoms with van der Waals surface area (Å²) in [5.74, 6) is 0.714. The van der Waals surface area contributed by atoms with Crippen molar-refractivity contribution in [3.63, 3.8) is 0 Å².